The van der Waals surface area contributed by atoms with Gasteiger partial charge < -0.3 is 19.7 Å². The summed E-state index contributed by atoms with van der Waals surface area (Å²) in [4.78, 5) is 28.2. The fourth-order valence-electron chi connectivity index (χ4n) is 4.09. The van der Waals surface area contributed by atoms with Crippen molar-refractivity contribution >= 4 is 11.8 Å². The Hall–Kier alpha value is -2.12. The maximum Gasteiger partial charge on any atom is 0.224 e. The van der Waals surface area contributed by atoms with Crippen LogP contribution in [0, 0.1) is 0 Å². The van der Waals surface area contributed by atoms with Gasteiger partial charge in [-0.2, -0.15) is 0 Å². The first-order valence-electron chi connectivity index (χ1n) is 10.4. The molecule has 0 aliphatic carbocycles. The maximum atomic E-state index is 12.3. The average molecular weight is 404 g/mol. The Morgan fingerprint density at radius 1 is 1.24 bits per heavy atom. The van der Waals surface area contributed by atoms with Crippen LogP contribution in [0.2, 0.25) is 0 Å². The number of methoxy groups -OCH3 is 1. The summed E-state index contributed by atoms with van der Waals surface area (Å²) in [5, 5.41) is 3.18. The third-order valence-corrected chi connectivity index (χ3v) is 5.78. The van der Waals surface area contributed by atoms with E-state index >= 15 is 0 Å². The highest BCUT2D eigenvalue weighted by Gasteiger charge is 2.38. The van der Waals surface area contributed by atoms with E-state index < -0.39 is 0 Å². The molecule has 2 fully saturated rings. The molecule has 7 heteroatoms. The molecule has 0 unspecified atom stereocenters. The van der Waals surface area contributed by atoms with E-state index in [0.29, 0.717) is 25.5 Å². The molecule has 1 aromatic carbocycles. The molecule has 1 N–H and O–H groups in total. The highest BCUT2D eigenvalue weighted by Crippen LogP contribution is 2.24. The lowest BCUT2D eigenvalue weighted by molar-refractivity contribution is -0.134. The summed E-state index contributed by atoms with van der Waals surface area (Å²) in [7, 11) is 5.19. The predicted octanol–water partition coefficient (Wildman–Crippen LogP) is 1.45. The molecule has 1 aromatic rings. The van der Waals surface area contributed by atoms with E-state index in [0.717, 1.165) is 38.1 Å². The van der Waals surface area contributed by atoms with Crippen LogP contribution in [0.4, 0.5) is 0 Å². The van der Waals surface area contributed by atoms with Crippen molar-refractivity contribution in [1.82, 2.24) is 15.1 Å². The lowest BCUT2D eigenvalue weighted by Crippen LogP contribution is -2.47. The second kappa shape index (κ2) is 10.1. The first-order chi connectivity index (χ1) is 13.9. The number of nitrogens with zero attached hydrogens (tertiary/aromatic N) is 2. The predicted molar refractivity (Wildman–Crippen MR) is 111 cm³/mol. The standard InChI is InChI=1S/C22H33N3O4/c1-24(2)22(27)12-20-14-25-13-17(11-18(25)15-29-20)23-21(26)6-4-5-16-7-9-19(28-3)10-8-16/h7-10,17-18,20H,4-6,11-15H2,1-3H3,(H,23,26)/t17-,18-,20-/m0/s1. The summed E-state index contributed by atoms with van der Waals surface area (Å²) < 4.78 is 11.1. The first-order valence-corrected chi connectivity index (χ1v) is 10.4. The minimum Gasteiger partial charge on any atom is -0.497 e. The number of carbonyl (C=O) groups excluding carboxylic acids is 2. The summed E-state index contributed by atoms with van der Waals surface area (Å²) >= 11 is 0. The number of hydrogen-bond acceptors (Lipinski definition) is 5. The van der Waals surface area contributed by atoms with E-state index in [1.807, 2.05) is 24.3 Å². The Balaban J connectivity index is 1.37. The second-order valence-electron chi connectivity index (χ2n) is 8.26. The van der Waals surface area contributed by atoms with Crippen LogP contribution >= 0.6 is 0 Å². The molecule has 2 aliphatic rings. The summed E-state index contributed by atoms with van der Waals surface area (Å²) in [5.41, 5.74) is 1.21. The molecule has 7 nitrogen and oxygen atoms in total. The summed E-state index contributed by atoms with van der Waals surface area (Å²) in [6.07, 6.45) is 3.52. The van der Waals surface area contributed by atoms with Crippen molar-refractivity contribution < 1.29 is 19.1 Å². The van der Waals surface area contributed by atoms with Gasteiger partial charge in [0.1, 0.15) is 5.75 Å². The van der Waals surface area contributed by atoms with Crippen molar-refractivity contribution in [2.45, 2.75) is 50.3 Å². The van der Waals surface area contributed by atoms with Crippen LogP contribution in [0.25, 0.3) is 0 Å². The van der Waals surface area contributed by atoms with Crippen LogP contribution in [0.5, 0.6) is 5.75 Å². The number of hydrogen-bond donors (Lipinski definition) is 1. The van der Waals surface area contributed by atoms with E-state index in [2.05, 4.69) is 10.2 Å². The number of nitrogens with one attached hydrogen (secondary N) is 1. The summed E-state index contributed by atoms with van der Waals surface area (Å²) in [6, 6.07) is 8.49. The van der Waals surface area contributed by atoms with Crippen LogP contribution in [0.1, 0.15) is 31.2 Å². The second-order valence-corrected chi connectivity index (χ2v) is 8.26. The van der Waals surface area contributed by atoms with Crippen LogP contribution in [-0.2, 0) is 20.7 Å². The Labute approximate surface area is 173 Å². The fraction of sp³-hybridized carbons (Fsp3) is 0.636. The molecule has 0 aromatic heterocycles. The normalized spacial score (nSPS) is 24.0. The molecule has 0 spiro atoms. The number of fused-ring (bicyclic) bond motifs is 1. The van der Waals surface area contributed by atoms with Crippen LogP contribution in [0.15, 0.2) is 24.3 Å². The van der Waals surface area contributed by atoms with Crippen molar-refractivity contribution in [3.05, 3.63) is 29.8 Å². The number of amides is 2. The molecule has 2 aliphatic heterocycles. The van der Waals surface area contributed by atoms with E-state index in [-0.39, 0.29) is 24.0 Å². The zero-order chi connectivity index (χ0) is 20.8. The van der Waals surface area contributed by atoms with E-state index in [9.17, 15) is 9.59 Å². The van der Waals surface area contributed by atoms with E-state index in [4.69, 9.17) is 9.47 Å². The third kappa shape index (κ3) is 6.18. The molecule has 160 valence electrons. The molecule has 3 rings (SSSR count). The van der Waals surface area contributed by atoms with Gasteiger partial charge in [0, 0.05) is 45.7 Å². The molecular formula is C22H33N3O4. The Morgan fingerprint density at radius 3 is 2.69 bits per heavy atom. The largest absolute Gasteiger partial charge is 0.497 e. The Kier molecular flexibility index (Phi) is 7.50. The number of carbonyl (C=O) groups is 2. The van der Waals surface area contributed by atoms with Gasteiger partial charge >= 0.3 is 0 Å². The summed E-state index contributed by atoms with van der Waals surface area (Å²) in [6.45, 7) is 2.23. The summed E-state index contributed by atoms with van der Waals surface area (Å²) in [5.74, 6) is 1.06. The smallest absolute Gasteiger partial charge is 0.224 e. The Morgan fingerprint density at radius 2 is 2.00 bits per heavy atom. The minimum absolute atomic E-state index is 0.0555. The van der Waals surface area contributed by atoms with Crippen LogP contribution in [0.3, 0.4) is 0 Å². The van der Waals surface area contributed by atoms with Crippen molar-refractivity contribution in [1.29, 1.82) is 0 Å². The van der Waals surface area contributed by atoms with Gasteiger partial charge in [-0.3, -0.25) is 14.5 Å². The van der Waals surface area contributed by atoms with Crippen LogP contribution in [-0.4, -0.2) is 80.7 Å². The monoisotopic (exact) mass is 403 g/mol. The lowest BCUT2D eigenvalue weighted by Gasteiger charge is -2.35. The van der Waals surface area contributed by atoms with Gasteiger partial charge in [-0.05, 0) is 37.0 Å². The van der Waals surface area contributed by atoms with Gasteiger partial charge in [0.25, 0.3) is 0 Å². The first kappa shape index (κ1) is 21.6. The molecule has 0 bridgehead atoms. The zero-order valence-corrected chi connectivity index (χ0v) is 17.7. The lowest BCUT2D eigenvalue weighted by atomic mass is 10.1. The topological polar surface area (TPSA) is 71.1 Å². The fourth-order valence-corrected chi connectivity index (χ4v) is 4.09. The van der Waals surface area contributed by atoms with Gasteiger partial charge in [-0.25, -0.2) is 0 Å². The molecule has 0 radical (unpaired) electrons. The zero-order valence-electron chi connectivity index (χ0n) is 17.7. The molecule has 0 saturated carbocycles. The molecule has 2 saturated heterocycles. The maximum absolute atomic E-state index is 12.3. The van der Waals surface area contributed by atoms with Gasteiger partial charge in [0.15, 0.2) is 0 Å². The number of morpholine rings is 1. The average Bonchev–Trinajstić information content (AvgIpc) is 3.09. The molecular weight excluding hydrogens is 370 g/mol. The molecule has 29 heavy (non-hydrogen) atoms. The highest BCUT2D eigenvalue weighted by molar-refractivity contribution is 5.76. The quantitative estimate of drug-likeness (QED) is 0.712. The number of aryl methyl sites for hydroxylation is 1. The molecule has 2 heterocycles. The third-order valence-electron chi connectivity index (χ3n) is 5.78. The van der Waals surface area contributed by atoms with Crippen molar-refractivity contribution in [3.8, 4) is 5.75 Å². The number of rotatable bonds is 8. The highest BCUT2D eigenvalue weighted by atomic mass is 16.5. The van der Waals surface area contributed by atoms with Crippen molar-refractivity contribution in [2.24, 2.45) is 0 Å². The van der Waals surface area contributed by atoms with Gasteiger partial charge in [0.2, 0.25) is 11.8 Å². The molecule has 2 amide bonds. The van der Waals surface area contributed by atoms with Crippen molar-refractivity contribution in [2.75, 3.05) is 40.9 Å². The number of benzene rings is 1. The van der Waals surface area contributed by atoms with Crippen molar-refractivity contribution in [3.63, 3.8) is 0 Å². The SMILES string of the molecule is COc1ccc(CCCC(=O)N[C@H]2C[C@H]3CO[C@@H](CC(=O)N(C)C)CN3C2)cc1. The van der Waals surface area contributed by atoms with Gasteiger partial charge in [-0.15, -0.1) is 0 Å². The van der Waals surface area contributed by atoms with E-state index in [1.165, 1.54) is 5.56 Å². The number of ether oxygens (including phenoxy) is 2. The minimum atomic E-state index is -0.0555. The Bertz CT molecular complexity index is 692. The molecule has 3 atom stereocenters. The van der Waals surface area contributed by atoms with E-state index in [1.54, 1.807) is 26.1 Å². The van der Waals surface area contributed by atoms with Gasteiger partial charge in [-0.1, -0.05) is 12.1 Å². The van der Waals surface area contributed by atoms with Crippen LogP contribution < -0.4 is 10.1 Å². The van der Waals surface area contributed by atoms with Gasteiger partial charge in [0.05, 0.1) is 26.2 Å².